The van der Waals surface area contributed by atoms with E-state index in [0.717, 1.165) is 29.8 Å². The Morgan fingerprint density at radius 1 is 1.04 bits per heavy atom. The molecule has 3 nitrogen and oxygen atoms in total. The first kappa shape index (κ1) is 18.9. The van der Waals surface area contributed by atoms with Crippen molar-refractivity contribution in [2.24, 2.45) is 11.8 Å². The number of carbonyl (C=O) groups is 1. The van der Waals surface area contributed by atoms with Crippen LogP contribution in [-0.2, 0) is 0 Å². The average molecular weight is 373 g/mol. The van der Waals surface area contributed by atoms with Crippen LogP contribution in [0, 0.1) is 17.7 Å². The number of halogens is 1. The summed E-state index contributed by atoms with van der Waals surface area (Å²) < 4.78 is 12.1. The van der Waals surface area contributed by atoms with Gasteiger partial charge in [-0.2, -0.15) is 0 Å². The first-order valence-corrected chi connectivity index (χ1v) is 9.45. The topological polar surface area (TPSA) is 40.5 Å². The summed E-state index contributed by atoms with van der Waals surface area (Å²) in [5.74, 6) is 1.82. The zero-order valence-corrected chi connectivity index (χ0v) is 15.5. The minimum absolute atomic E-state index is 0.162. The summed E-state index contributed by atoms with van der Waals surface area (Å²) in [7, 11) is 0. The van der Waals surface area contributed by atoms with Crippen LogP contribution in [-0.4, -0.2) is 35.4 Å². The average Bonchev–Trinajstić information content (AvgIpc) is 3.20. The standard InChI is InChI=1S/C15H19NO2.C6H5FS/c17-14-6-4-11(5-7-14)15(18)10-16-8-12-2-1-3-13(12)9-16;7-5-1-3-6(8)4-2-5/h4-7,12-13,17H,1-3,8-10H2;1-4,8H/t12-,13+;. The lowest BCUT2D eigenvalue weighted by molar-refractivity contribution is 0.0941. The van der Waals surface area contributed by atoms with Crippen LogP contribution in [0.1, 0.15) is 29.6 Å². The van der Waals surface area contributed by atoms with Gasteiger partial charge in [-0.3, -0.25) is 9.69 Å². The van der Waals surface area contributed by atoms with E-state index >= 15 is 0 Å². The Balaban J connectivity index is 0.000000206. The molecule has 2 fully saturated rings. The molecule has 0 spiro atoms. The highest BCUT2D eigenvalue weighted by Gasteiger charge is 2.36. The molecule has 1 heterocycles. The molecule has 5 heteroatoms. The lowest BCUT2D eigenvalue weighted by Gasteiger charge is -2.15. The van der Waals surface area contributed by atoms with Crippen LogP contribution in [0.4, 0.5) is 4.39 Å². The predicted octanol–water partition coefficient (Wildman–Crippen LogP) is 4.42. The minimum atomic E-state index is -0.220. The minimum Gasteiger partial charge on any atom is -0.508 e. The Hall–Kier alpha value is -1.85. The molecule has 0 aromatic heterocycles. The maximum Gasteiger partial charge on any atom is 0.176 e. The molecule has 2 atom stereocenters. The predicted molar refractivity (Wildman–Crippen MR) is 103 cm³/mol. The smallest absolute Gasteiger partial charge is 0.176 e. The van der Waals surface area contributed by atoms with Crippen molar-refractivity contribution in [3.8, 4) is 5.75 Å². The number of ketones is 1. The Morgan fingerprint density at radius 2 is 1.62 bits per heavy atom. The highest BCUT2D eigenvalue weighted by molar-refractivity contribution is 7.80. The molecule has 2 aliphatic rings. The number of hydrogen-bond acceptors (Lipinski definition) is 4. The lowest BCUT2D eigenvalue weighted by atomic mass is 10.0. The molecule has 2 aromatic carbocycles. The Kier molecular flexibility index (Phi) is 6.33. The number of benzene rings is 2. The monoisotopic (exact) mass is 373 g/mol. The van der Waals surface area contributed by atoms with Crippen molar-refractivity contribution in [1.29, 1.82) is 0 Å². The fourth-order valence-corrected chi connectivity index (χ4v) is 3.99. The second kappa shape index (κ2) is 8.69. The maximum absolute atomic E-state index is 12.1. The molecule has 1 aliphatic carbocycles. The second-order valence-corrected chi connectivity index (χ2v) is 7.61. The second-order valence-electron chi connectivity index (χ2n) is 7.09. The van der Waals surface area contributed by atoms with E-state index in [2.05, 4.69) is 17.5 Å². The SMILES string of the molecule is Fc1ccc(S)cc1.O=C(CN1C[C@H]2CCC[C@H]2C1)c1ccc(O)cc1. The third-order valence-corrected chi connectivity index (χ3v) is 5.48. The summed E-state index contributed by atoms with van der Waals surface area (Å²) in [6, 6.07) is 12.5. The van der Waals surface area contributed by atoms with E-state index in [0.29, 0.717) is 12.1 Å². The van der Waals surface area contributed by atoms with Crippen LogP contribution < -0.4 is 0 Å². The highest BCUT2D eigenvalue weighted by atomic mass is 32.1. The van der Waals surface area contributed by atoms with E-state index in [1.807, 2.05) is 0 Å². The zero-order valence-electron chi connectivity index (χ0n) is 14.6. The summed E-state index contributed by atoms with van der Waals surface area (Å²) in [6.07, 6.45) is 4.05. The molecule has 0 bridgehead atoms. The summed E-state index contributed by atoms with van der Waals surface area (Å²) >= 11 is 3.97. The summed E-state index contributed by atoms with van der Waals surface area (Å²) in [6.45, 7) is 2.71. The molecule has 0 amide bonds. The molecule has 2 aromatic rings. The maximum atomic E-state index is 12.1. The fraction of sp³-hybridized carbons (Fsp3) is 0.381. The van der Waals surface area contributed by atoms with Crippen LogP contribution in [0.25, 0.3) is 0 Å². The Morgan fingerprint density at radius 3 is 2.15 bits per heavy atom. The van der Waals surface area contributed by atoms with E-state index in [-0.39, 0.29) is 17.3 Å². The molecule has 1 aliphatic heterocycles. The summed E-state index contributed by atoms with van der Waals surface area (Å²) in [4.78, 5) is 15.2. The molecule has 138 valence electrons. The Labute approximate surface area is 159 Å². The number of phenolic OH excluding ortho intramolecular Hbond substituents is 1. The number of thiol groups is 1. The highest BCUT2D eigenvalue weighted by Crippen LogP contribution is 2.37. The number of nitrogens with zero attached hydrogens (tertiary/aromatic N) is 1. The fourth-order valence-electron chi connectivity index (χ4n) is 3.84. The van der Waals surface area contributed by atoms with Gasteiger partial charge in [0.05, 0.1) is 6.54 Å². The first-order chi connectivity index (χ1) is 12.5. The number of aromatic hydroxyl groups is 1. The molecular formula is C21H24FNO2S. The number of carbonyl (C=O) groups excluding carboxylic acids is 1. The van der Waals surface area contributed by atoms with Crippen LogP contribution in [0.3, 0.4) is 0 Å². The quantitative estimate of drug-likeness (QED) is 0.618. The van der Waals surface area contributed by atoms with E-state index in [9.17, 15) is 14.3 Å². The van der Waals surface area contributed by atoms with Gasteiger partial charge in [0.25, 0.3) is 0 Å². The van der Waals surface area contributed by atoms with Gasteiger partial charge < -0.3 is 5.11 Å². The molecule has 4 rings (SSSR count). The molecule has 0 radical (unpaired) electrons. The molecule has 26 heavy (non-hydrogen) atoms. The number of fused-ring (bicyclic) bond motifs is 1. The largest absolute Gasteiger partial charge is 0.508 e. The van der Waals surface area contributed by atoms with Crippen LogP contribution >= 0.6 is 12.6 Å². The number of hydrogen-bond donors (Lipinski definition) is 2. The number of phenols is 1. The van der Waals surface area contributed by atoms with Crippen molar-refractivity contribution in [1.82, 2.24) is 4.90 Å². The van der Waals surface area contributed by atoms with E-state index in [1.54, 1.807) is 36.4 Å². The van der Waals surface area contributed by atoms with Crippen molar-refractivity contribution in [2.45, 2.75) is 24.2 Å². The van der Waals surface area contributed by atoms with Gasteiger partial charge in [-0.1, -0.05) is 6.42 Å². The van der Waals surface area contributed by atoms with Crippen LogP contribution in [0.2, 0.25) is 0 Å². The molecule has 1 saturated heterocycles. The van der Waals surface area contributed by atoms with E-state index in [4.69, 9.17) is 0 Å². The number of likely N-dealkylation sites (tertiary alicyclic amines) is 1. The molecule has 1 saturated carbocycles. The number of rotatable bonds is 3. The molecular weight excluding hydrogens is 349 g/mol. The lowest BCUT2D eigenvalue weighted by Crippen LogP contribution is -2.28. The van der Waals surface area contributed by atoms with Gasteiger partial charge >= 0.3 is 0 Å². The van der Waals surface area contributed by atoms with Crippen molar-refractivity contribution in [3.05, 3.63) is 59.9 Å². The molecule has 1 N–H and O–H groups in total. The van der Waals surface area contributed by atoms with Crippen LogP contribution in [0.15, 0.2) is 53.4 Å². The number of Topliss-reactive ketones (excluding diaryl/α,β-unsaturated/α-hetero) is 1. The van der Waals surface area contributed by atoms with Crippen molar-refractivity contribution in [3.63, 3.8) is 0 Å². The van der Waals surface area contributed by atoms with Gasteiger partial charge in [0.15, 0.2) is 5.78 Å². The van der Waals surface area contributed by atoms with Gasteiger partial charge in [0, 0.05) is 23.5 Å². The summed E-state index contributed by atoms with van der Waals surface area (Å²) in [5.41, 5.74) is 0.699. The zero-order chi connectivity index (χ0) is 18.5. The summed E-state index contributed by atoms with van der Waals surface area (Å²) in [5, 5.41) is 9.21. The molecule has 0 unspecified atom stereocenters. The third-order valence-electron chi connectivity index (χ3n) is 5.19. The van der Waals surface area contributed by atoms with Gasteiger partial charge in [-0.15, -0.1) is 12.6 Å². The van der Waals surface area contributed by atoms with Gasteiger partial charge in [-0.05, 0) is 73.2 Å². The van der Waals surface area contributed by atoms with E-state index in [1.165, 1.54) is 31.4 Å². The van der Waals surface area contributed by atoms with Crippen LogP contribution in [0.5, 0.6) is 5.75 Å². The Bertz CT molecular complexity index is 700. The van der Waals surface area contributed by atoms with E-state index < -0.39 is 0 Å². The first-order valence-electron chi connectivity index (χ1n) is 9.00. The van der Waals surface area contributed by atoms with Gasteiger partial charge in [0.1, 0.15) is 11.6 Å². The van der Waals surface area contributed by atoms with Crippen molar-refractivity contribution in [2.75, 3.05) is 19.6 Å². The third kappa shape index (κ3) is 5.08. The van der Waals surface area contributed by atoms with Crippen molar-refractivity contribution < 1.29 is 14.3 Å². The van der Waals surface area contributed by atoms with Gasteiger partial charge in [0.2, 0.25) is 0 Å². The van der Waals surface area contributed by atoms with Crippen molar-refractivity contribution >= 4 is 18.4 Å². The van der Waals surface area contributed by atoms with Gasteiger partial charge in [-0.25, -0.2) is 4.39 Å². The normalized spacial score (nSPS) is 21.8.